The van der Waals surface area contributed by atoms with Crippen LogP contribution in [0.1, 0.15) is 19.8 Å². The molecule has 0 amide bonds. The first-order chi connectivity index (χ1) is 5.54. The van der Waals surface area contributed by atoms with Crippen molar-refractivity contribution in [3.63, 3.8) is 0 Å². The van der Waals surface area contributed by atoms with Gasteiger partial charge in [0, 0.05) is 6.42 Å². The highest BCUT2D eigenvalue weighted by molar-refractivity contribution is 5.72. The molecule has 0 saturated carbocycles. The standard InChI is InChI=1S/C7H13NO4/c1-5(7(11)12)8-4-2-3-6(9)10/h5,8H,2-4H2,1H3,(H,9,10)(H,11,12). The fourth-order valence-corrected chi connectivity index (χ4v) is 0.645. The first kappa shape index (κ1) is 10.9. The molecule has 0 aromatic carbocycles. The van der Waals surface area contributed by atoms with E-state index in [1.807, 2.05) is 0 Å². The Balaban J connectivity index is 3.31. The Bertz CT molecular complexity index is 169. The molecule has 0 saturated heterocycles. The molecule has 70 valence electrons. The van der Waals surface area contributed by atoms with Crippen molar-refractivity contribution in [1.82, 2.24) is 5.32 Å². The zero-order valence-electron chi connectivity index (χ0n) is 6.91. The highest BCUT2D eigenvalue weighted by atomic mass is 16.4. The van der Waals surface area contributed by atoms with E-state index in [2.05, 4.69) is 5.32 Å². The molecule has 0 rings (SSSR count). The molecule has 0 aliphatic carbocycles. The lowest BCUT2D eigenvalue weighted by Gasteiger charge is -2.06. The molecule has 5 heteroatoms. The third kappa shape index (κ3) is 5.67. The number of rotatable bonds is 6. The molecule has 0 aliphatic rings. The van der Waals surface area contributed by atoms with E-state index in [4.69, 9.17) is 10.2 Å². The summed E-state index contributed by atoms with van der Waals surface area (Å²) in [6.07, 6.45) is 0.520. The molecule has 0 fully saturated rings. The first-order valence-corrected chi connectivity index (χ1v) is 3.72. The summed E-state index contributed by atoms with van der Waals surface area (Å²) in [7, 11) is 0. The van der Waals surface area contributed by atoms with E-state index in [1.54, 1.807) is 0 Å². The van der Waals surface area contributed by atoms with E-state index in [0.717, 1.165) is 0 Å². The van der Waals surface area contributed by atoms with Gasteiger partial charge in [-0.25, -0.2) is 0 Å². The van der Waals surface area contributed by atoms with E-state index >= 15 is 0 Å². The van der Waals surface area contributed by atoms with Crippen LogP contribution in [0.15, 0.2) is 0 Å². The number of aliphatic carboxylic acids is 2. The van der Waals surface area contributed by atoms with Crippen LogP contribution < -0.4 is 5.32 Å². The molecule has 0 heterocycles. The van der Waals surface area contributed by atoms with Crippen molar-refractivity contribution >= 4 is 11.9 Å². The molecule has 0 aliphatic heterocycles. The number of hydrogen-bond donors (Lipinski definition) is 3. The van der Waals surface area contributed by atoms with Crippen molar-refractivity contribution in [3.8, 4) is 0 Å². The molecule has 1 atom stereocenters. The van der Waals surface area contributed by atoms with Crippen molar-refractivity contribution < 1.29 is 19.8 Å². The smallest absolute Gasteiger partial charge is 0.320 e. The third-order valence-corrected chi connectivity index (χ3v) is 1.39. The number of carbonyl (C=O) groups is 2. The number of carboxylic acids is 2. The topological polar surface area (TPSA) is 86.6 Å². The van der Waals surface area contributed by atoms with Gasteiger partial charge in [-0.05, 0) is 19.9 Å². The molecule has 12 heavy (non-hydrogen) atoms. The summed E-state index contributed by atoms with van der Waals surface area (Å²) in [6.45, 7) is 1.93. The average Bonchev–Trinajstić information content (AvgIpc) is 1.97. The fourth-order valence-electron chi connectivity index (χ4n) is 0.645. The van der Waals surface area contributed by atoms with Crippen molar-refractivity contribution in [2.24, 2.45) is 0 Å². The first-order valence-electron chi connectivity index (χ1n) is 3.72. The second kappa shape index (κ2) is 5.54. The Morgan fingerprint density at radius 1 is 1.42 bits per heavy atom. The van der Waals surface area contributed by atoms with Gasteiger partial charge in [0.1, 0.15) is 6.04 Å². The summed E-state index contributed by atoms with van der Waals surface area (Å²) >= 11 is 0. The zero-order valence-corrected chi connectivity index (χ0v) is 6.91. The van der Waals surface area contributed by atoms with Crippen molar-refractivity contribution in [1.29, 1.82) is 0 Å². The molecule has 3 N–H and O–H groups in total. The SMILES string of the molecule is CC(NCCCC(=O)O)C(=O)O. The van der Waals surface area contributed by atoms with Gasteiger partial charge in [0.25, 0.3) is 0 Å². The molecule has 1 unspecified atom stereocenters. The van der Waals surface area contributed by atoms with Gasteiger partial charge in [0.2, 0.25) is 0 Å². The van der Waals surface area contributed by atoms with Gasteiger partial charge >= 0.3 is 11.9 Å². The fraction of sp³-hybridized carbons (Fsp3) is 0.714. The Hall–Kier alpha value is -1.10. The largest absolute Gasteiger partial charge is 0.481 e. The van der Waals surface area contributed by atoms with Crippen LogP contribution in [0, 0.1) is 0 Å². The lowest BCUT2D eigenvalue weighted by Crippen LogP contribution is -2.34. The number of nitrogens with one attached hydrogen (secondary N) is 1. The summed E-state index contributed by atoms with van der Waals surface area (Å²) in [5.41, 5.74) is 0. The molecule has 5 nitrogen and oxygen atoms in total. The molecular formula is C7H13NO4. The number of carboxylic acid groups (broad SMARTS) is 2. The summed E-state index contributed by atoms with van der Waals surface area (Å²) in [6, 6.07) is -0.612. The molecule has 0 aromatic heterocycles. The monoisotopic (exact) mass is 175 g/mol. The summed E-state index contributed by atoms with van der Waals surface area (Å²) in [5.74, 6) is -1.79. The zero-order chi connectivity index (χ0) is 9.56. The number of hydrogen-bond acceptors (Lipinski definition) is 3. The third-order valence-electron chi connectivity index (χ3n) is 1.39. The summed E-state index contributed by atoms with van der Waals surface area (Å²) in [5, 5.41) is 19.3. The maximum Gasteiger partial charge on any atom is 0.320 e. The maximum absolute atomic E-state index is 10.2. The highest BCUT2D eigenvalue weighted by Crippen LogP contribution is 1.88. The Kier molecular flexibility index (Phi) is 5.03. The molecule has 0 spiro atoms. The maximum atomic E-state index is 10.2. The predicted molar refractivity (Wildman–Crippen MR) is 42.0 cm³/mol. The van der Waals surface area contributed by atoms with Crippen LogP contribution in [0.4, 0.5) is 0 Å². The minimum Gasteiger partial charge on any atom is -0.481 e. The van der Waals surface area contributed by atoms with Crippen LogP contribution in [0.25, 0.3) is 0 Å². The van der Waals surface area contributed by atoms with E-state index in [-0.39, 0.29) is 6.42 Å². The Morgan fingerprint density at radius 3 is 2.42 bits per heavy atom. The van der Waals surface area contributed by atoms with Gasteiger partial charge in [0.05, 0.1) is 0 Å². The van der Waals surface area contributed by atoms with Crippen LogP contribution in [-0.4, -0.2) is 34.7 Å². The minimum absolute atomic E-state index is 0.0688. The second-order valence-electron chi connectivity index (χ2n) is 2.51. The molecule has 0 radical (unpaired) electrons. The van der Waals surface area contributed by atoms with E-state index in [9.17, 15) is 9.59 Å². The van der Waals surface area contributed by atoms with Gasteiger partial charge in [-0.15, -0.1) is 0 Å². The second-order valence-corrected chi connectivity index (χ2v) is 2.51. The van der Waals surface area contributed by atoms with Crippen LogP contribution in [0.2, 0.25) is 0 Å². The lowest BCUT2D eigenvalue weighted by molar-refractivity contribution is -0.139. The Morgan fingerprint density at radius 2 is 2.00 bits per heavy atom. The van der Waals surface area contributed by atoms with E-state index in [1.165, 1.54) is 6.92 Å². The van der Waals surface area contributed by atoms with Gasteiger partial charge in [-0.3, -0.25) is 9.59 Å². The normalized spacial score (nSPS) is 12.4. The molecule has 0 bridgehead atoms. The van der Waals surface area contributed by atoms with E-state index in [0.29, 0.717) is 13.0 Å². The Labute approximate surface area is 70.4 Å². The molecule has 0 aromatic rings. The van der Waals surface area contributed by atoms with Crippen LogP contribution >= 0.6 is 0 Å². The minimum atomic E-state index is -0.926. The quantitative estimate of drug-likeness (QED) is 0.491. The van der Waals surface area contributed by atoms with Crippen LogP contribution in [-0.2, 0) is 9.59 Å². The van der Waals surface area contributed by atoms with Crippen LogP contribution in [0.3, 0.4) is 0 Å². The van der Waals surface area contributed by atoms with Gasteiger partial charge < -0.3 is 15.5 Å². The predicted octanol–water partition coefficient (Wildman–Crippen LogP) is -0.0861. The summed E-state index contributed by atoms with van der Waals surface area (Å²) in [4.78, 5) is 20.3. The summed E-state index contributed by atoms with van der Waals surface area (Å²) < 4.78 is 0. The molecular weight excluding hydrogens is 162 g/mol. The highest BCUT2D eigenvalue weighted by Gasteiger charge is 2.08. The van der Waals surface area contributed by atoms with Gasteiger partial charge in [-0.1, -0.05) is 0 Å². The average molecular weight is 175 g/mol. The van der Waals surface area contributed by atoms with Crippen LogP contribution in [0.5, 0.6) is 0 Å². The van der Waals surface area contributed by atoms with Crippen molar-refractivity contribution in [2.75, 3.05) is 6.54 Å². The van der Waals surface area contributed by atoms with Crippen molar-refractivity contribution in [3.05, 3.63) is 0 Å². The van der Waals surface area contributed by atoms with Gasteiger partial charge in [-0.2, -0.15) is 0 Å². The van der Waals surface area contributed by atoms with Crippen molar-refractivity contribution in [2.45, 2.75) is 25.8 Å². The van der Waals surface area contributed by atoms with Gasteiger partial charge in [0.15, 0.2) is 0 Å². The lowest BCUT2D eigenvalue weighted by atomic mass is 10.3. The van der Waals surface area contributed by atoms with E-state index < -0.39 is 18.0 Å².